The summed E-state index contributed by atoms with van der Waals surface area (Å²) >= 11 is 0. The van der Waals surface area contributed by atoms with Crippen molar-refractivity contribution in [2.24, 2.45) is 0 Å². The third-order valence-electron chi connectivity index (χ3n) is 3.41. The van der Waals surface area contributed by atoms with Crippen molar-refractivity contribution in [3.8, 4) is 5.75 Å². The maximum Gasteiger partial charge on any atom is 0.251 e. The topological polar surface area (TPSA) is 67.6 Å². The molecule has 1 aromatic rings. The molecule has 0 spiro atoms. The summed E-state index contributed by atoms with van der Waals surface area (Å²) in [7, 11) is 0. The van der Waals surface area contributed by atoms with Gasteiger partial charge in [0.2, 0.25) is 0 Å². The molecule has 1 aromatic carbocycles. The SMILES string of the molecule is CCOc1cc(C(=O)NCCCN(CC)CC)ccc1N. The molecule has 0 fully saturated rings. The number of amides is 1. The summed E-state index contributed by atoms with van der Waals surface area (Å²) in [6, 6.07) is 5.12. The van der Waals surface area contributed by atoms with Gasteiger partial charge in [-0.1, -0.05) is 13.8 Å². The number of hydrogen-bond donors (Lipinski definition) is 2. The minimum absolute atomic E-state index is 0.0875. The summed E-state index contributed by atoms with van der Waals surface area (Å²) in [4.78, 5) is 14.4. The van der Waals surface area contributed by atoms with Crippen molar-refractivity contribution in [1.82, 2.24) is 10.2 Å². The highest BCUT2D eigenvalue weighted by molar-refractivity contribution is 5.95. The van der Waals surface area contributed by atoms with Gasteiger partial charge < -0.3 is 20.7 Å². The Bertz CT molecular complexity index is 445. The summed E-state index contributed by atoms with van der Waals surface area (Å²) in [5.74, 6) is 0.476. The fourth-order valence-corrected chi connectivity index (χ4v) is 2.10. The molecule has 0 heterocycles. The van der Waals surface area contributed by atoms with Crippen molar-refractivity contribution in [2.45, 2.75) is 27.2 Å². The molecular formula is C16H27N3O2. The number of rotatable bonds is 9. The second-order valence-electron chi connectivity index (χ2n) is 4.82. The van der Waals surface area contributed by atoms with Gasteiger partial charge in [0.05, 0.1) is 12.3 Å². The van der Waals surface area contributed by atoms with E-state index in [2.05, 4.69) is 24.1 Å². The van der Waals surface area contributed by atoms with E-state index < -0.39 is 0 Å². The monoisotopic (exact) mass is 293 g/mol. The quantitative estimate of drug-likeness (QED) is 0.540. The van der Waals surface area contributed by atoms with Crippen molar-refractivity contribution in [2.75, 3.05) is 38.5 Å². The van der Waals surface area contributed by atoms with Gasteiger partial charge in [-0.05, 0) is 51.2 Å². The van der Waals surface area contributed by atoms with E-state index in [4.69, 9.17) is 10.5 Å². The van der Waals surface area contributed by atoms with Crippen LogP contribution in [-0.2, 0) is 0 Å². The summed E-state index contributed by atoms with van der Waals surface area (Å²) in [6.45, 7) is 10.5. The molecule has 0 saturated carbocycles. The van der Waals surface area contributed by atoms with Crippen LogP contribution in [0.15, 0.2) is 18.2 Å². The number of carbonyl (C=O) groups is 1. The van der Waals surface area contributed by atoms with Crippen LogP contribution in [0, 0.1) is 0 Å². The molecule has 0 radical (unpaired) electrons. The summed E-state index contributed by atoms with van der Waals surface area (Å²) in [5, 5.41) is 2.93. The second kappa shape index (κ2) is 9.23. The van der Waals surface area contributed by atoms with Crippen molar-refractivity contribution < 1.29 is 9.53 Å². The van der Waals surface area contributed by atoms with Crippen LogP contribution in [0.5, 0.6) is 5.75 Å². The number of carbonyl (C=O) groups excluding carboxylic acids is 1. The Balaban J connectivity index is 2.47. The van der Waals surface area contributed by atoms with Gasteiger partial charge in [-0.25, -0.2) is 0 Å². The average molecular weight is 293 g/mol. The molecule has 1 amide bonds. The Morgan fingerprint density at radius 2 is 2.00 bits per heavy atom. The van der Waals surface area contributed by atoms with E-state index >= 15 is 0 Å². The smallest absolute Gasteiger partial charge is 0.251 e. The van der Waals surface area contributed by atoms with Gasteiger partial charge in [-0.2, -0.15) is 0 Å². The van der Waals surface area contributed by atoms with Gasteiger partial charge in [-0.15, -0.1) is 0 Å². The Hall–Kier alpha value is -1.75. The minimum Gasteiger partial charge on any atom is -0.492 e. The molecule has 5 heteroatoms. The third-order valence-corrected chi connectivity index (χ3v) is 3.41. The number of ether oxygens (including phenoxy) is 1. The molecule has 21 heavy (non-hydrogen) atoms. The van der Waals surface area contributed by atoms with Crippen LogP contribution in [0.1, 0.15) is 37.6 Å². The van der Waals surface area contributed by atoms with Crippen LogP contribution < -0.4 is 15.8 Å². The van der Waals surface area contributed by atoms with Gasteiger partial charge in [0, 0.05) is 12.1 Å². The highest BCUT2D eigenvalue weighted by Crippen LogP contribution is 2.22. The lowest BCUT2D eigenvalue weighted by Gasteiger charge is -2.17. The van der Waals surface area contributed by atoms with E-state index in [0.717, 1.165) is 26.1 Å². The lowest BCUT2D eigenvalue weighted by molar-refractivity contribution is 0.0951. The highest BCUT2D eigenvalue weighted by Gasteiger charge is 2.09. The normalized spacial score (nSPS) is 10.7. The van der Waals surface area contributed by atoms with Crippen LogP contribution in [0.25, 0.3) is 0 Å². The van der Waals surface area contributed by atoms with E-state index in [1.54, 1.807) is 18.2 Å². The van der Waals surface area contributed by atoms with E-state index in [1.165, 1.54) is 0 Å². The Morgan fingerprint density at radius 1 is 1.29 bits per heavy atom. The van der Waals surface area contributed by atoms with Gasteiger partial charge in [-0.3, -0.25) is 4.79 Å². The van der Waals surface area contributed by atoms with E-state index in [0.29, 0.717) is 30.2 Å². The maximum absolute atomic E-state index is 12.1. The number of anilines is 1. The number of nitrogens with two attached hydrogens (primary N) is 1. The lowest BCUT2D eigenvalue weighted by Crippen LogP contribution is -2.29. The van der Waals surface area contributed by atoms with Crippen molar-refractivity contribution in [3.63, 3.8) is 0 Å². The number of benzene rings is 1. The molecule has 0 saturated heterocycles. The molecule has 3 N–H and O–H groups in total. The Kier molecular flexibility index (Phi) is 7.61. The zero-order chi connectivity index (χ0) is 15.7. The average Bonchev–Trinajstić information content (AvgIpc) is 2.49. The van der Waals surface area contributed by atoms with Crippen molar-refractivity contribution in [1.29, 1.82) is 0 Å². The number of nitrogen functional groups attached to an aromatic ring is 1. The molecule has 0 aliphatic carbocycles. The summed E-state index contributed by atoms with van der Waals surface area (Å²) in [6.07, 6.45) is 0.945. The lowest BCUT2D eigenvalue weighted by atomic mass is 10.1. The molecule has 0 aliphatic heterocycles. The Morgan fingerprint density at radius 3 is 2.62 bits per heavy atom. The largest absolute Gasteiger partial charge is 0.492 e. The molecule has 118 valence electrons. The number of nitrogens with zero attached hydrogens (tertiary/aromatic N) is 1. The fourth-order valence-electron chi connectivity index (χ4n) is 2.10. The van der Waals surface area contributed by atoms with Crippen LogP contribution in [0.3, 0.4) is 0 Å². The molecular weight excluding hydrogens is 266 g/mol. The van der Waals surface area contributed by atoms with Gasteiger partial charge in [0.15, 0.2) is 0 Å². The second-order valence-corrected chi connectivity index (χ2v) is 4.82. The van der Waals surface area contributed by atoms with Crippen LogP contribution in [0.4, 0.5) is 5.69 Å². The molecule has 0 unspecified atom stereocenters. The molecule has 0 atom stereocenters. The molecule has 0 aromatic heterocycles. The van der Waals surface area contributed by atoms with Crippen LogP contribution >= 0.6 is 0 Å². The first-order chi connectivity index (χ1) is 10.1. The van der Waals surface area contributed by atoms with Crippen molar-refractivity contribution in [3.05, 3.63) is 23.8 Å². The first-order valence-corrected chi connectivity index (χ1v) is 7.65. The molecule has 0 bridgehead atoms. The van der Waals surface area contributed by atoms with Gasteiger partial charge in [0.1, 0.15) is 5.75 Å². The maximum atomic E-state index is 12.1. The summed E-state index contributed by atoms with van der Waals surface area (Å²) < 4.78 is 5.40. The first-order valence-electron chi connectivity index (χ1n) is 7.65. The van der Waals surface area contributed by atoms with Gasteiger partial charge in [0.25, 0.3) is 5.91 Å². The minimum atomic E-state index is -0.0875. The fraction of sp³-hybridized carbons (Fsp3) is 0.562. The predicted octanol–water partition coefficient (Wildman–Crippen LogP) is 2.13. The summed E-state index contributed by atoms with van der Waals surface area (Å²) in [5.41, 5.74) is 6.93. The van der Waals surface area contributed by atoms with E-state index in [1.807, 2.05) is 6.92 Å². The number of hydrogen-bond acceptors (Lipinski definition) is 4. The third kappa shape index (κ3) is 5.63. The zero-order valence-corrected chi connectivity index (χ0v) is 13.3. The standard InChI is InChI=1S/C16H27N3O2/c1-4-19(5-2)11-7-10-18-16(20)13-8-9-14(17)15(12-13)21-6-3/h8-9,12H,4-7,10-11,17H2,1-3H3,(H,18,20). The van der Waals surface area contributed by atoms with Crippen molar-refractivity contribution >= 4 is 11.6 Å². The molecule has 5 nitrogen and oxygen atoms in total. The molecule has 0 aliphatic rings. The zero-order valence-electron chi connectivity index (χ0n) is 13.3. The highest BCUT2D eigenvalue weighted by atomic mass is 16.5. The predicted molar refractivity (Wildman–Crippen MR) is 86.8 cm³/mol. The Labute approximate surface area is 127 Å². The number of nitrogens with one attached hydrogen (secondary N) is 1. The first kappa shape index (κ1) is 17.3. The van der Waals surface area contributed by atoms with Gasteiger partial charge >= 0.3 is 0 Å². The van der Waals surface area contributed by atoms with E-state index in [-0.39, 0.29) is 5.91 Å². The molecule has 1 rings (SSSR count). The van der Waals surface area contributed by atoms with Crippen LogP contribution in [-0.4, -0.2) is 43.6 Å². The van der Waals surface area contributed by atoms with E-state index in [9.17, 15) is 4.79 Å². The van der Waals surface area contributed by atoms with Crippen LogP contribution in [0.2, 0.25) is 0 Å².